The predicted molar refractivity (Wildman–Crippen MR) is 134 cm³/mol. The van der Waals surface area contributed by atoms with Gasteiger partial charge in [-0.25, -0.2) is 4.98 Å². The van der Waals surface area contributed by atoms with Crippen LogP contribution in [0.3, 0.4) is 0 Å². The summed E-state index contributed by atoms with van der Waals surface area (Å²) in [6, 6.07) is 21.4. The highest BCUT2D eigenvalue weighted by atomic mass is 35.5. The van der Waals surface area contributed by atoms with Crippen LogP contribution in [0.2, 0.25) is 5.02 Å². The van der Waals surface area contributed by atoms with E-state index in [1.807, 2.05) is 72.5 Å². The molecule has 0 bridgehead atoms. The summed E-state index contributed by atoms with van der Waals surface area (Å²) in [6.45, 7) is 3.64. The summed E-state index contributed by atoms with van der Waals surface area (Å²) < 4.78 is 13.5. The zero-order valence-corrected chi connectivity index (χ0v) is 20.0. The first-order valence-electron chi connectivity index (χ1n) is 11.3. The molecule has 4 aromatic rings. The van der Waals surface area contributed by atoms with E-state index < -0.39 is 0 Å². The Bertz CT molecular complexity index is 1350. The summed E-state index contributed by atoms with van der Waals surface area (Å²) in [5.41, 5.74) is 3.79. The zero-order chi connectivity index (χ0) is 23.7. The molecule has 7 heteroatoms. The van der Waals surface area contributed by atoms with Crippen LogP contribution in [0, 0.1) is 6.92 Å². The smallest absolute Gasteiger partial charge is 0.227 e. The van der Waals surface area contributed by atoms with Gasteiger partial charge in [-0.15, -0.1) is 0 Å². The fraction of sp³-hybridized carbons (Fsp3) is 0.259. The molecule has 1 amide bonds. The summed E-state index contributed by atoms with van der Waals surface area (Å²) in [5, 5.41) is 0.724. The maximum atomic E-state index is 13.0. The molecule has 1 aliphatic rings. The van der Waals surface area contributed by atoms with Crippen LogP contribution in [-0.4, -0.2) is 35.7 Å². The van der Waals surface area contributed by atoms with Crippen molar-refractivity contribution in [1.82, 2.24) is 9.55 Å². The monoisotopic (exact) mass is 475 g/mol. The normalized spacial score (nSPS) is 15.8. The summed E-state index contributed by atoms with van der Waals surface area (Å²) in [4.78, 5) is 19.7. The topological polar surface area (TPSA) is 56.6 Å². The van der Waals surface area contributed by atoms with Crippen LogP contribution in [0.25, 0.3) is 11.0 Å². The van der Waals surface area contributed by atoms with Crippen LogP contribution in [0.15, 0.2) is 66.7 Å². The van der Waals surface area contributed by atoms with Crippen LogP contribution in [0.1, 0.15) is 23.7 Å². The molecule has 0 unspecified atom stereocenters. The molecule has 1 atom stereocenters. The van der Waals surface area contributed by atoms with E-state index in [2.05, 4.69) is 10.6 Å². The zero-order valence-electron chi connectivity index (χ0n) is 19.2. The van der Waals surface area contributed by atoms with Crippen LogP contribution in [-0.2, 0) is 11.3 Å². The fourth-order valence-corrected chi connectivity index (χ4v) is 4.63. The van der Waals surface area contributed by atoms with Crippen LogP contribution in [0.4, 0.5) is 5.69 Å². The molecule has 6 nitrogen and oxygen atoms in total. The molecule has 0 N–H and O–H groups in total. The molecule has 1 saturated heterocycles. The number of imidazole rings is 1. The van der Waals surface area contributed by atoms with E-state index in [-0.39, 0.29) is 11.8 Å². The number of halogens is 1. The van der Waals surface area contributed by atoms with Crippen molar-refractivity contribution < 1.29 is 14.3 Å². The maximum Gasteiger partial charge on any atom is 0.227 e. The molecule has 0 spiro atoms. The van der Waals surface area contributed by atoms with E-state index >= 15 is 0 Å². The number of rotatable bonds is 7. The van der Waals surface area contributed by atoms with Crippen molar-refractivity contribution in [2.45, 2.75) is 25.8 Å². The number of nitrogens with zero attached hydrogens (tertiary/aromatic N) is 3. The van der Waals surface area contributed by atoms with Crippen molar-refractivity contribution in [3.05, 3.63) is 83.1 Å². The summed E-state index contributed by atoms with van der Waals surface area (Å²) >= 11 is 6.13. The minimum Gasteiger partial charge on any atom is -0.497 e. The van der Waals surface area contributed by atoms with Gasteiger partial charge in [0.1, 0.15) is 23.9 Å². The molecule has 0 radical (unpaired) electrons. The molecular weight excluding hydrogens is 450 g/mol. The molecule has 1 aliphatic heterocycles. The van der Waals surface area contributed by atoms with Crippen molar-refractivity contribution in [3.63, 3.8) is 0 Å². The quantitative estimate of drug-likeness (QED) is 0.349. The maximum absolute atomic E-state index is 13.0. The van der Waals surface area contributed by atoms with E-state index in [9.17, 15) is 4.79 Å². The van der Waals surface area contributed by atoms with Gasteiger partial charge >= 0.3 is 0 Å². The number of aryl methyl sites for hydroxylation is 1. The second-order valence-corrected chi connectivity index (χ2v) is 8.88. The number of aromatic nitrogens is 2. The Balaban J connectivity index is 1.39. The number of para-hydroxylation sites is 2. The number of hydrogen-bond donors (Lipinski definition) is 0. The van der Waals surface area contributed by atoms with E-state index in [1.54, 1.807) is 7.11 Å². The number of carbonyl (C=O) groups excluding carboxylic acids is 1. The lowest BCUT2D eigenvalue weighted by Gasteiger charge is -2.18. The van der Waals surface area contributed by atoms with Gasteiger partial charge in [0.15, 0.2) is 0 Å². The van der Waals surface area contributed by atoms with Crippen molar-refractivity contribution in [3.8, 4) is 11.5 Å². The van der Waals surface area contributed by atoms with E-state index in [0.29, 0.717) is 26.1 Å². The average molecular weight is 476 g/mol. The van der Waals surface area contributed by atoms with E-state index in [0.717, 1.165) is 44.6 Å². The largest absolute Gasteiger partial charge is 0.497 e. The van der Waals surface area contributed by atoms with Gasteiger partial charge in [-0.1, -0.05) is 29.8 Å². The first-order chi connectivity index (χ1) is 16.5. The van der Waals surface area contributed by atoms with Crippen LogP contribution in [0.5, 0.6) is 11.5 Å². The number of benzene rings is 3. The number of amides is 1. The predicted octanol–water partition coefficient (Wildman–Crippen LogP) is 5.61. The molecular formula is C27H26ClN3O3. The second-order valence-electron chi connectivity index (χ2n) is 8.48. The summed E-state index contributed by atoms with van der Waals surface area (Å²) in [5.74, 6) is 2.51. The summed E-state index contributed by atoms with van der Waals surface area (Å²) in [6.07, 6.45) is 0.414. The highest BCUT2D eigenvalue weighted by Crippen LogP contribution is 2.34. The van der Waals surface area contributed by atoms with Crippen LogP contribution >= 0.6 is 11.6 Å². The van der Waals surface area contributed by atoms with E-state index in [4.69, 9.17) is 26.1 Å². The molecule has 5 rings (SSSR count). The molecule has 174 valence electrons. The lowest BCUT2D eigenvalue weighted by Crippen LogP contribution is -2.24. The van der Waals surface area contributed by atoms with Gasteiger partial charge in [-0.2, -0.15) is 0 Å². The van der Waals surface area contributed by atoms with Gasteiger partial charge in [0, 0.05) is 35.7 Å². The Hall–Kier alpha value is -3.51. The Morgan fingerprint density at radius 1 is 1.06 bits per heavy atom. The molecule has 0 saturated carbocycles. The third kappa shape index (κ3) is 4.33. The van der Waals surface area contributed by atoms with Gasteiger partial charge in [0.05, 0.1) is 24.7 Å². The van der Waals surface area contributed by atoms with Gasteiger partial charge in [-0.3, -0.25) is 4.79 Å². The van der Waals surface area contributed by atoms with Crippen molar-refractivity contribution in [2.75, 3.05) is 25.2 Å². The minimum absolute atomic E-state index is 0.0103. The third-order valence-electron chi connectivity index (χ3n) is 6.25. The van der Waals surface area contributed by atoms with Gasteiger partial charge < -0.3 is 18.9 Å². The highest BCUT2D eigenvalue weighted by molar-refractivity contribution is 6.31. The minimum atomic E-state index is -0.0103. The number of anilines is 1. The molecule has 2 heterocycles. The first-order valence-corrected chi connectivity index (χ1v) is 11.7. The van der Waals surface area contributed by atoms with E-state index in [1.165, 1.54) is 0 Å². The highest BCUT2D eigenvalue weighted by Gasteiger charge is 2.35. The Morgan fingerprint density at radius 2 is 1.91 bits per heavy atom. The standard InChI is InChI=1S/C27H26ClN3O3/c1-18-14-22(10-11-23(18)28)34-13-12-30-25-9-4-3-8-24(25)29-27(30)19-15-26(32)31(17-19)20-6-5-7-21(16-20)33-2/h3-11,14,16,19H,12-13,15,17H2,1-2H3/t19-/m0/s1. The Labute approximate surface area is 203 Å². The number of fused-ring (bicyclic) bond motifs is 1. The average Bonchev–Trinajstić information content (AvgIpc) is 3.42. The van der Waals surface area contributed by atoms with Gasteiger partial charge in [0.2, 0.25) is 5.91 Å². The third-order valence-corrected chi connectivity index (χ3v) is 6.68. The number of ether oxygens (including phenoxy) is 2. The number of methoxy groups -OCH3 is 1. The molecule has 1 aromatic heterocycles. The van der Waals surface area contributed by atoms with Gasteiger partial charge in [-0.05, 0) is 55.0 Å². The number of carbonyl (C=O) groups is 1. The molecule has 0 aliphatic carbocycles. The van der Waals surface area contributed by atoms with Crippen LogP contribution < -0.4 is 14.4 Å². The van der Waals surface area contributed by atoms with Crippen molar-refractivity contribution in [2.24, 2.45) is 0 Å². The molecule has 3 aromatic carbocycles. The van der Waals surface area contributed by atoms with Crippen molar-refractivity contribution >= 4 is 34.2 Å². The molecule has 1 fully saturated rings. The summed E-state index contributed by atoms with van der Waals surface area (Å²) in [7, 11) is 1.63. The number of hydrogen-bond acceptors (Lipinski definition) is 4. The Morgan fingerprint density at radius 3 is 2.74 bits per heavy atom. The van der Waals surface area contributed by atoms with Gasteiger partial charge in [0.25, 0.3) is 0 Å². The second kappa shape index (κ2) is 9.39. The Kier molecular flexibility index (Phi) is 6.16. The van der Waals surface area contributed by atoms with Crippen molar-refractivity contribution in [1.29, 1.82) is 0 Å². The fourth-order valence-electron chi connectivity index (χ4n) is 4.51. The first kappa shape index (κ1) is 22.3. The molecule has 34 heavy (non-hydrogen) atoms. The SMILES string of the molecule is COc1cccc(N2C[C@@H](c3nc4ccccc4n3CCOc3ccc(Cl)c(C)c3)CC2=O)c1. The lowest BCUT2D eigenvalue weighted by atomic mass is 10.1. The lowest BCUT2D eigenvalue weighted by molar-refractivity contribution is -0.117.